The lowest BCUT2D eigenvalue weighted by Gasteiger charge is -2.22. The summed E-state index contributed by atoms with van der Waals surface area (Å²) in [4.78, 5) is 6.78. The molecule has 1 heterocycles. The summed E-state index contributed by atoms with van der Waals surface area (Å²) in [5.74, 6) is 0.808. The number of guanidine groups is 1. The van der Waals surface area contributed by atoms with Gasteiger partial charge < -0.3 is 15.5 Å². The second-order valence-corrected chi connectivity index (χ2v) is 4.82. The van der Waals surface area contributed by atoms with E-state index in [0.717, 1.165) is 12.5 Å². The van der Waals surface area contributed by atoms with Crippen LogP contribution in [0.4, 0.5) is 0 Å². The van der Waals surface area contributed by atoms with Crippen LogP contribution >= 0.6 is 0 Å². The van der Waals surface area contributed by atoms with Crippen LogP contribution in [0, 0.1) is 0 Å². The third-order valence-corrected chi connectivity index (χ3v) is 2.91. The molecule has 0 saturated heterocycles. The van der Waals surface area contributed by atoms with Gasteiger partial charge in [-0.05, 0) is 21.0 Å². The number of nitrogens with one attached hydrogen (secondary N) is 2. The molecule has 20 heavy (non-hydrogen) atoms. The fraction of sp³-hybridized carbons (Fsp3) is 0.571. The van der Waals surface area contributed by atoms with Crippen LogP contribution in [0.25, 0.3) is 0 Å². The first-order valence-electron chi connectivity index (χ1n) is 6.86. The lowest BCUT2D eigenvalue weighted by Crippen LogP contribution is -2.38. The second-order valence-electron chi connectivity index (χ2n) is 4.82. The van der Waals surface area contributed by atoms with Crippen molar-refractivity contribution in [2.24, 2.45) is 12.0 Å². The van der Waals surface area contributed by atoms with E-state index in [1.807, 2.05) is 30.2 Å². The fourth-order valence-corrected chi connectivity index (χ4v) is 1.87. The van der Waals surface area contributed by atoms with E-state index < -0.39 is 0 Å². The monoisotopic (exact) mass is 278 g/mol. The standard InChI is InChI=1S/C14H26N6/c1-6-8-16-14(15-7-2)17-10-13(19(3)4)12-9-18-20(5)11-12/h6,9,11,13H,1,7-8,10H2,2-5H3,(H2,15,16,17). The molecule has 6 nitrogen and oxygen atoms in total. The van der Waals surface area contributed by atoms with Crippen molar-refractivity contribution < 1.29 is 0 Å². The lowest BCUT2D eigenvalue weighted by atomic mass is 10.1. The van der Waals surface area contributed by atoms with E-state index in [-0.39, 0.29) is 6.04 Å². The number of hydrogen-bond acceptors (Lipinski definition) is 3. The predicted molar refractivity (Wildman–Crippen MR) is 83.8 cm³/mol. The molecule has 1 rings (SSSR count). The number of aromatic nitrogens is 2. The van der Waals surface area contributed by atoms with Gasteiger partial charge in [0, 0.05) is 31.9 Å². The molecule has 0 fully saturated rings. The summed E-state index contributed by atoms with van der Waals surface area (Å²) >= 11 is 0. The molecule has 0 radical (unpaired) electrons. The topological polar surface area (TPSA) is 57.5 Å². The first kappa shape index (κ1) is 16.2. The smallest absolute Gasteiger partial charge is 0.191 e. The quantitative estimate of drug-likeness (QED) is 0.439. The molecule has 112 valence electrons. The van der Waals surface area contributed by atoms with Crippen molar-refractivity contribution in [3.63, 3.8) is 0 Å². The highest BCUT2D eigenvalue weighted by Gasteiger charge is 2.15. The molecule has 0 saturated carbocycles. The maximum Gasteiger partial charge on any atom is 0.191 e. The molecule has 2 N–H and O–H groups in total. The predicted octanol–water partition coefficient (Wildman–Crippen LogP) is 0.764. The molecule has 1 unspecified atom stereocenters. The fourth-order valence-electron chi connectivity index (χ4n) is 1.87. The van der Waals surface area contributed by atoms with Crippen molar-refractivity contribution in [3.8, 4) is 0 Å². The highest BCUT2D eigenvalue weighted by Crippen LogP contribution is 2.17. The van der Waals surface area contributed by atoms with Crippen molar-refractivity contribution in [1.82, 2.24) is 25.3 Å². The van der Waals surface area contributed by atoms with E-state index in [9.17, 15) is 0 Å². The summed E-state index contributed by atoms with van der Waals surface area (Å²) in [6.45, 7) is 7.96. The molecule has 0 aliphatic carbocycles. The summed E-state index contributed by atoms with van der Waals surface area (Å²) < 4.78 is 1.82. The number of likely N-dealkylation sites (N-methyl/N-ethyl adjacent to an activating group) is 1. The summed E-state index contributed by atoms with van der Waals surface area (Å²) in [7, 11) is 6.03. The Kier molecular flexibility index (Phi) is 6.79. The third-order valence-electron chi connectivity index (χ3n) is 2.91. The van der Waals surface area contributed by atoms with Crippen LogP contribution in [0.1, 0.15) is 18.5 Å². The Morgan fingerprint density at radius 1 is 1.55 bits per heavy atom. The maximum absolute atomic E-state index is 4.63. The normalized spacial score (nSPS) is 13.3. The largest absolute Gasteiger partial charge is 0.357 e. The van der Waals surface area contributed by atoms with Crippen LogP contribution in [-0.4, -0.2) is 54.4 Å². The molecule has 1 aromatic rings. The summed E-state index contributed by atoms with van der Waals surface area (Å²) in [5.41, 5.74) is 1.17. The first-order chi connectivity index (χ1) is 9.58. The Balaban J connectivity index is 2.75. The minimum absolute atomic E-state index is 0.211. The zero-order valence-electron chi connectivity index (χ0n) is 12.9. The van der Waals surface area contributed by atoms with Gasteiger partial charge >= 0.3 is 0 Å². The van der Waals surface area contributed by atoms with Gasteiger partial charge in [0.15, 0.2) is 5.96 Å². The Morgan fingerprint density at radius 3 is 2.80 bits per heavy atom. The van der Waals surface area contributed by atoms with Gasteiger partial charge in [0.25, 0.3) is 0 Å². The van der Waals surface area contributed by atoms with Gasteiger partial charge in [0.2, 0.25) is 0 Å². The lowest BCUT2D eigenvalue weighted by molar-refractivity contribution is 0.306. The van der Waals surface area contributed by atoms with Crippen LogP contribution < -0.4 is 10.6 Å². The van der Waals surface area contributed by atoms with Gasteiger partial charge in [-0.2, -0.15) is 5.10 Å². The van der Waals surface area contributed by atoms with Crippen molar-refractivity contribution in [2.75, 3.05) is 33.7 Å². The minimum atomic E-state index is 0.211. The van der Waals surface area contributed by atoms with Crippen molar-refractivity contribution in [3.05, 3.63) is 30.6 Å². The van der Waals surface area contributed by atoms with Crippen molar-refractivity contribution in [1.29, 1.82) is 0 Å². The van der Waals surface area contributed by atoms with Gasteiger partial charge in [-0.1, -0.05) is 6.08 Å². The minimum Gasteiger partial charge on any atom is -0.357 e. The molecule has 0 bridgehead atoms. The van der Waals surface area contributed by atoms with E-state index in [2.05, 4.69) is 53.2 Å². The van der Waals surface area contributed by atoms with Crippen LogP contribution in [-0.2, 0) is 7.05 Å². The highest BCUT2D eigenvalue weighted by molar-refractivity contribution is 5.79. The molecular weight excluding hydrogens is 252 g/mol. The van der Waals surface area contributed by atoms with E-state index in [0.29, 0.717) is 13.1 Å². The molecule has 0 aliphatic rings. The Hall–Kier alpha value is -1.82. The summed E-state index contributed by atoms with van der Waals surface area (Å²) in [6.07, 6.45) is 5.74. The summed E-state index contributed by atoms with van der Waals surface area (Å²) in [6, 6.07) is 0.211. The van der Waals surface area contributed by atoms with Gasteiger partial charge in [0.1, 0.15) is 0 Å². The van der Waals surface area contributed by atoms with Crippen molar-refractivity contribution >= 4 is 5.96 Å². The van der Waals surface area contributed by atoms with Gasteiger partial charge in [0.05, 0.1) is 18.8 Å². The van der Waals surface area contributed by atoms with Gasteiger partial charge in [-0.25, -0.2) is 0 Å². The van der Waals surface area contributed by atoms with Crippen LogP contribution in [0.5, 0.6) is 0 Å². The molecule has 6 heteroatoms. The molecular formula is C14H26N6. The van der Waals surface area contributed by atoms with E-state index in [1.54, 1.807) is 0 Å². The molecule has 0 amide bonds. The van der Waals surface area contributed by atoms with Crippen LogP contribution in [0.3, 0.4) is 0 Å². The molecule has 1 atom stereocenters. The number of aryl methyl sites for hydroxylation is 1. The zero-order valence-corrected chi connectivity index (χ0v) is 12.9. The third kappa shape index (κ3) is 5.05. The van der Waals surface area contributed by atoms with E-state index >= 15 is 0 Å². The van der Waals surface area contributed by atoms with E-state index in [4.69, 9.17) is 0 Å². The number of rotatable bonds is 7. The Bertz CT molecular complexity index is 435. The highest BCUT2D eigenvalue weighted by atomic mass is 15.2. The Morgan fingerprint density at radius 2 is 2.30 bits per heavy atom. The number of aliphatic imine (C=N–C) groups is 1. The van der Waals surface area contributed by atoms with E-state index in [1.165, 1.54) is 5.56 Å². The molecule has 0 aliphatic heterocycles. The summed E-state index contributed by atoms with van der Waals surface area (Å²) in [5, 5.41) is 10.7. The van der Waals surface area contributed by atoms with Crippen LogP contribution in [0.2, 0.25) is 0 Å². The van der Waals surface area contributed by atoms with Crippen LogP contribution in [0.15, 0.2) is 30.0 Å². The average molecular weight is 278 g/mol. The maximum atomic E-state index is 4.63. The molecule has 1 aromatic heterocycles. The molecule has 0 aromatic carbocycles. The molecule has 0 spiro atoms. The number of hydrogen-bond donors (Lipinski definition) is 2. The average Bonchev–Trinajstić information content (AvgIpc) is 2.82. The Labute approximate surface area is 121 Å². The SMILES string of the molecule is C=CCNC(=NCC(c1cnn(C)c1)N(C)C)NCC. The first-order valence-corrected chi connectivity index (χ1v) is 6.86. The van der Waals surface area contributed by atoms with Gasteiger partial charge in [-0.15, -0.1) is 6.58 Å². The second kappa shape index (κ2) is 8.37. The zero-order chi connectivity index (χ0) is 15.0. The van der Waals surface area contributed by atoms with Crippen molar-refractivity contribution in [2.45, 2.75) is 13.0 Å². The van der Waals surface area contributed by atoms with Gasteiger partial charge in [-0.3, -0.25) is 9.67 Å². The number of nitrogens with zero attached hydrogens (tertiary/aromatic N) is 4.